The molecule has 2 aromatic carbocycles. The fraction of sp³-hybridized carbons (Fsp3) is 0.0952. The highest BCUT2D eigenvalue weighted by Crippen LogP contribution is 2.25. The number of nitrogens with one attached hydrogen (secondary N) is 1. The first-order valence-corrected chi connectivity index (χ1v) is 9.11. The van der Waals surface area contributed by atoms with Crippen LogP contribution in [0.5, 0.6) is 0 Å². The molecule has 0 saturated carbocycles. The van der Waals surface area contributed by atoms with Gasteiger partial charge >= 0.3 is 0 Å². The molecule has 130 valence electrons. The van der Waals surface area contributed by atoms with Gasteiger partial charge in [0, 0.05) is 16.8 Å². The number of hydrogen-bond donors (Lipinski definition) is 2. The third-order valence-corrected chi connectivity index (χ3v) is 5.32. The molecule has 2 heterocycles. The zero-order chi connectivity index (χ0) is 17.9. The molecule has 0 aliphatic carbocycles. The Morgan fingerprint density at radius 2 is 1.88 bits per heavy atom. The minimum Gasteiger partial charge on any atom is -0.464 e. The fourth-order valence-electron chi connectivity index (χ4n) is 2.80. The summed E-state index contributed by atoms with van der Waals surface area (Å²) in [4.78, 5) is 13.0. The highest BCUT2D eigenvalue weighted by atomic mass is 32.1. The zero-order valence-corrected chi connectivity index (χ0v) is 14.7. The lowest BCUT2D eigenvalue weighted by molar-refractivity contribution is 0.0920. The Labute approximate surface area is 154 Å². The summed E-state index contributed by atoms with van der Waals surface area (Å²) < 4.78 is 6.43. The molecule has 4 aromatic rings. The van der Waals surface area contributed by atoms with Crippen LogP contribution in [-0.4, -0.2) is 17.6 Å². The Kier molecular flexibility index (Phi) is 4.56. The van der Waals surface area contributed by atoms with E-state index in [4.69, 9.17) is 4.42 Å². The van der Waals surface area contributed by atoms with Gasteiger partial charge < -0.3 is 14.8 Å². The molecule has 0 spiro atoms. The number of thiophene rings is 1. The maximum Gasteiger partial charge on any atom is 0.261 e. The molecule has 0 aliphatic rings. The molecule has 26 heavy (non-hydrogen) atoms. The van der Waals surface area contributed by atoms with E-state index in [1.165, 1.54) is 11.3 Å². The molecule has 0 bridgehead atoms. The number of carbonyl (C=O) groups excluding carboxylic acids is 1. The maximum absolute atomic E-state index is 12.3. The van der Waals surface area contributed by atoms with Gasteiger partial charge in [-0.2, -0.15) is 0 Å². The van der Waals surface area contributed by atoms with Crippen LogP contribution in [0, 0.1) is 0 Å². The van der Waals surface area contributed by atoms with Gasteiger partial charge in [0.15, 0.2) is 0 Å². The molecule has 0 aliphatic heterocycles. The second-order valence-electron chi connectivity index (χ2n) is 5.97. The summed E-state index contributed by atoms with van der Waals surface area (Å²) in [6, 6.07) is 20.9. The van der Waals surface area contributed by atoms with Crippen LogP contribution in [0.2, 0.25) is 0 Å². The van der Waals surface area contributed by atoms with Crippen LogP contribution in [0.15, 0.2) is 77.4 Å². The van der Waals surface area contributed by atoms with E-state index < -0.39 is 6.10 Å². The number of aliphatic hydroxyl groups excluding tert-OH is 1. The van der Waals surface area contributed by atoms with Crippen LogP contribution in [0.1, 0.15) is 21.3 Å². The van der Waals surface area contributed by atoms with Crippen LogP contribution in [-0.2, 0) is 0 Å². The number of amides is 1. The van der Waals surface area contributed by atoms with Gasteiger partial charge in [0.2, 0.25) is 0 Å². The first kappa shape index (κ1) is 16.6. The van der Waals surface area contributed by atoms with Gasteiger partial charge in [-0.1, -0.05) is 42.5 Å². The fourth-order valence-corrected chi connectivity index (χ4v) is 3.78. The minimum absolute atomic E-state index is 0.160. The van der Waals surface area contributed by atoms with Gasteiger partial charge in [-0.05, 0) is 35.2 Å². The van der Waals surface area contributed by atoms with E-state index in [1.54, 1.807) is 6.26 Å². The van der Waals surface area contributed by atoms with E-state index in [1.807, 2.05) is 66.7 Å². The Morgan fingerprint density at radius 1 is 1.08 bits per heavy atom. The number of rotatable bonds is 5. The molecule has 1 atom stereocenters. The normalized spacial score (nSPS) is 12.2. The van der Waals surface area contributed by atoms with Crippen molar-refractivity contribution >= 4 is 27.3 Å². The molecule has 2 aromatic heterocycles. The molecule has 5 heteroatoms. The first-order valence-electron chi connectivity index (χ1n) is 8.29. The van der Waals surface area contributed by atoms with Crippen molar-refractivity contribution in [3.05, 3.63) is 83.4 Å². The van der Waals surface area contributed by atoms with Crippen molar-refractivity contribution in [1.82, 2.24) is 5.32 Å². The zero-order valence-electron chi connectivity index (χ0n) is 13.9. The SMILES string of the molecule is O=C(NCC(O)c1ccc(-c2ccco2)cc1)c1cc2ccccc2s1. The largest absolute Gasteiger partial charge is 0.464 e. The molecular weight excluding hydrogens is 346 g/mol. The van der Waals surface area contributed by atoms with Gasteiger partial charge in [-0.3, -0.25) is 4.79 Å². The van der Waals surface area contributed by atoms with E-state index in [-0.39, 0.29) is 12.5 Å². The Morgan fingerprint density at radius 3 is 2.62 bits per heavy atom. The Balaban J connectivity index is 1.40. The van der Waals surface area contributed by atoms with Crippen molar-refractivity contribution in [3.63, 3.8) is 0 Å². The van der Waals surface area contributed by atoms with Crippen LogP contribution < -0.4 is 5.32 Å². The third-order valence-electron chi connectivity index (χ3n) is 4.21. The monoisotopic (exact) mass is 363 g/mol. The summed E-state index contributed by atoms with van der Waals surface area (Å²) in [7, 11) is 0. The summed E-state index contributed by atoms with van der Waals surface area (Å²) in [5.41, 5.74) is 1.69. The second kappa shape index (κ2) is 7.15. The number of furan rings is 1. The lowest BCUT2D eigenvalue weighted by Gasteiger charge is -2.12. The van der Waals surface area contributed by atoms with E-state index in [2.05, 4.69) is 5.32 Å². The number of aliphatic hydroxyl groups is 1. The van der Waals surface area contributed by atoms with Crippen molar-refractivity contribution in [3.8, 4) is 11.3 Å². The summed E-state index contributed by atoms with van der Waals surface area (Å²) in [6.45, 7) is 0.160. The molecule has 0 fully saturated rings. The Bertz CT molecular complexity index is 986. The standard InChI is InChI=1S/C21H17NO3S/c23-17(14-7-9-15(10-8-14)18-5-3-11-25-18)13-22-21(24)20-12-16-4-1-2-6-19(16)26-20/h1-12,17,23H,13H2,(H,22,24). The van der Waals surface area contributed by atoms with Crippen LogP contribution >= 0.6 is 11.3 Å². The molecule has 4 rings (SSSR count). The summed E-state index contributed by atoms with van der Waals surface area (Å²) in [5.74, 6) is 0.613. The van der Waals surface area contributed by atoms with Crippen LogP contribution in [0.4, 0.5) is 0 Å². The average molecular weight is 363 g/mol. The number of carbonyl (C=O) groups is 1. The van der Waals surface area contributed by atoms with Gasteiger partial charge in [0.25, 0.3) is 5.91 Å². The summed E-state index contributed by atoms with van der Waals surface area (Å²) >= 11 is 1.45. The van der Waals surface area contributed by atoms with E-state index >= 15 is 0 Å². The smallest absolute Gasteiger partial charge is 0.261 e. The highest BCUT2D eigenvalue weighted by Gasteiger charge is 2.13. The van der Waals surface area contributed by atoms with Crippen molar-refractivity contribution in [2.75, 3.05) is 6.54 Å². The molecule has 4 nitrogen and oxygen atoms in total. The molecule has 0 radical (unpaired) electrons. The van der Waals surface area contributed by atoms with Crippen LogP contribution in [0.25, 0.3) is 21.4 Å². The van der Waals surface area contributed by atoms with Crippen LogP contribution in [0.3, 0.4) is 0 Å². The second-order valence-corrected chi connectivity index (χ2v) is 7.06. The Hall–Kier alpha value is -2.89. The predicted molar refractivity (Wildman–Crippen MR) is 103 cm³/mol. The van der Waals surface area contributed by atoms with Crippen molar-refractivity contribution < 1.29 is 14.3 Å². The quantitative estimate of drug-likeness (QED) is 0.544. The van der Waals surface area contributed by atoms with Gasteiger partial charge in [0.05, 0.1) is 17.2 Å². The van der Waals surface area contributed by atoms with Gasteiger partial charge in [0.1, 0.15) is 5.76 Å². The van der Waals surface area contributed by atoms with Gasteiger partial charge in [-0.25, -0.2) is 0 Å². The van der Waals surface area contributed by atoms with Crippen molar-refractivity contribution in [2.24, 2.45) is 0 Å². The summed E-state index contributed by atoms with van der Waals surface area (Å²) in [5, 5.41) is 14.2. The molecule has 2 N–H and O–H groups in total. The van der Waals surface area contributed by atoms with E-state index in [9.17, 15) is 9.90 Å². The molecule has 1 unspecified atom stereocenters. The minimum atomic E-state index is -0.765. The topological polar surface area (TPSA) is 62.5 Å². The molecule has 1 amide bonds. The molecule has 0 saturated heterocycles. The van der Waals surface area contributed by atoms with E-state index in [0.29, 0.717) is 4.88 Å². The highest BCUT2D eigenvalue weighted by molar-refractivity contribution is 7.20. The lowest BCUT2D eigenvalue weighted by atomic mass is 10.1. The lowest BCUT2D eigenvalue weighted by Crippen LogP contribution is -2.27. The third kappa shape index (κ3) is 3.40. The van der Waals surface area contributed by atoms with E-state index in [0.717, 1.165) is 27.0 Å². The number of benzene rings is 2. The summed E-state index contributed by atoms with van der Waals surface area (Å²) in [6.07, 6.45) is 0.862. The predicted octanol–water partition coefficient (Wildman–Crippen LogP) is 4.62. The van der Waals surface area contributed by atoms with Crippen molar-refractivity contribution in [2.45, 2.75) is 6.10 Å². The average Bonchev–Trinajstić information content (AvgIpc) is 3.35. The maximum atomic E-state index is 12.3. The number of hydrogen-bond acceptors (Lipinski definition) is 4. The molecular formula is C21H17NO3S. The number of fused-ring (bicyclic) bond motifs is 1. The van der Waals surface area contributed by atoms with Gasteiger partial charge in [-0.15, -0.1) is 11.3 Å². The van der Waals surface area contributed by atoms with Crippen molar-refractivity contribution in [1.29, 1.82) is 0 Å². The first-order chi connectivity index (χ1) is 12.7.